The van der Waals surface area contributed by atoms with E-state index in [2.05, 4.69) is 43.2 Å². The summed E-state index contributed by atoms with van der Waals surface area (Å²) in [5.41, 5.74) is 4.32. The number of thiazole rings is 2. The van der Waals surface area contributed by atoms with E-state index in [1.54, 1.807) is 29.8 Å². The Morgan fingerprint density at radius 2 is 1.00 bits per heavy atom. The Balaban J connectivity index is 0.000000184. The molecule has 0 aliphatic carbocycles. The van der Waals surface area contributed by atoms with Crippen LogP contribution < -0.4 is 14.5 Å². The summed E-state index contributed by atoms with van der Waals surface area (Å²) in [5.74, 6) is 0.825. The van der Waals surface area contributed by atoms with Crippen LogP contribution in [0.25, 0.3) is 0 Å². The lowest BCUT2D eigenvalue weighted by Crippen LogP contribution is -2.48. The second-order valence-corrected chi connectivity index (χ2v) is 22.3. The van der Waals surface area contributed by atoms with Gasteiger partial charge >= 0.3 is 0 Å². The number of nitrogens with zero attached hydrogens (tertiary/aromatic N) is 6. The van der Waals surface area contributed by atoms with Crippen molar-refractivity contribution in [3.8, 4) is 5.75 Å². The molecule has 0 bridgehead atoms. The molecule has 2 aliphatic heterocycles. The van der Waals surface area contributed by atoms with E-state index in [4.69, 9.17) is 61.1 Å². The SMILES string of the molecule is COc1cccc(Cc2csc(N3CCN(S(=O)(=O)c4cc(Cl)cc(Cl)c4)CC3)n2)c1.O=S(=O)(c1cc(Cl)cc(Cl)c1)N1CCN(c2nc(Cc3cccc(Br)c3)cs2)CC1. The number of aromatic nitrogens is 2. The molecule has 4 heterocycles. The minimum atomic E-state index is -3.65. The molecule has 11 nitrogen and oxygen atoms in total. The molecule has 0 radical (unpaired) electrons. The van der Waals surface area contributed by atoms with E-state index < -0.39 is 20.0 Å². The summed E-state index contributed by atoms with van der Waals surface area (Å²) in [4.78, 5) is 14.0. The summed E-state index contributed by atoms with van der Waals surface area (Å²) in [6.45, 7) is 3.81. The lowest BCUT2D eigenvalue weighted by molar-refractivity contribution is 0.384. The zero-order valence-corrected chi connectivity index (χ0v) is 40.4. The first-order valence-electron chi connectivity index (χ1n) is 18.8. The van der Waals surface area contributed by atoms with E-state index >= 15 is 0 Å². The molecule has 6 aromatic rings. The van der Waals surface area contributed by atoms with Crippen LogP contribution in [0.2, 0.25) is 20.1 Å². The zero-order valence-electron chi connectivity index (χ0n) is 32.6. The van der Waals surface area contributed by atoms with Crippen LogP contribution in [0.4, 0.5) is 10.3 Å². The summed E-state index contributed by atoms with van der Waals surface area (Å²) in [5, 5.41) is 7.15. The third-order valence-electron chi connectivity index (χ3n) is 9.84. The molecule has 61 heavy (non-hydrogen) atoms. The van der Waals surface area contributed by atoms with Crippen LogP contribution in [-0.2, 0) is 32.9 Å². The van der Waals surface area contributed by atoms with Gasteiger partial charge in [0, 0.05) is 101 Å². The van der Waals surface area contributed by atoms with E-state index in [-0.39, 0.29) is 9.79 Å². The van der Waals surface area contributed by atoms with Gasteiger partial charge in [-0.3, -0.25) is 0 Å². The Morgan fingerprint density at radius 3 is 1.41 bits per heavy atom. The fourth-order valence-electron chi connectivity index (χ4n) is 6.79. The van der Waals surface area contributed by atoms with E-state index in [1.807, 2.05) is 41.8 Å². The summed E-state index contributed by atoms with van der Waals surface area (Å²) in [6, 6.07) is 24.9. The number of rotatable bonds is 11. The maximum atomic E-state index is 13.0. The molecule has 8 rings (SSSR count). The van der Waals surface area contributed by atoms with Gasteiger partial charge in [0.15, 0.2) is 10.3 Å². The molecule has 0 saturated carbocycles. The Bertz CT molecular complexity index is 2670. The minimum absolute atomic E-state index is 0.119. The monoisotopic (exact) mass is 1040 g/mol. The number of anilines is 2. The largest absolute Gasteiger partial charge is 0.497 e. The second kappa shape index (κ2) is 20.2. The van der Waals surface area contributed by atoms with Crippen molar-refractivity contribution in [2.24, 2.45) is 0 Å². The van der Waals surface area contributed by atoms with Gasteiger partial charge in [-0.1, -0.05) is 86.6 Å². The first-order chi connectivity index (χ1) is 29.2. The van der Waals surface area contributed by atoms with Crippen molar-refractivity contribution in [3.63, 3.8) is 0 Å². The first kappa shape index (κ1) is 46.0. The van der Waals surface area contributed by atoms with E-state index in [1.165, 1.54) is 50.6 Å². The van der Waals surface area contributed by atoms with E-state index in [0.717, 1.165) is 50.3 Å². The Morgan fingerprint density at radius 1 is 0.590 bits per heavy atom. The van der Waals surface area contributed by atoms with Crippen molar-refractivity contribution in [1.82, 2.24) is 18.6 Å². The number of ether oxygens (including phenoxy) is 1. The maximum Gasteiger partial charge on any atom is 0.243 e. The fourth-order valence-corrected chi connectivity index (χ4v) is 13.3. The van der Waals surface area contributed by atoms with Crippen molar-refractivity contribution in [1.29, 1.82) is 0 Å². The van der Waals surface area contributed by atoms with Crippen LogP contribution in [0.15, 0.2) is 110 Å². The molecule has 0 spiro atoms. The lowest BCUT2D eigenvalue weighted by atomic mass is 10.1. The fraction of sp³-hybridized carbons (Fsp3) is 0.268. The number of methoxy groups -OCH3 is 1. The molecule has 0 N–H and O–H groups in total. The van der Waals surface area contributed by atoms with Gasteiger partial charge in [-0.2, -0.15) is 8.61 Å². The zero-order chi connectivity index (χ0) is 43.3. The van der Waals surface area contributed by atoms with E-state index in [9.17, 15) is 16.8 Å². The highest BCUT2D eigenvalue weighted by atomic mass is 79.9. The number of hydrogen-bond acceptors (Lipinski definition) is 11. The summed E-state index contributed by atoms with van der Waals surface area (Å²) >= 11 is 30.6. The molecule has 0 atom stereocenters. The summed E-state index contributed by atoms with van der Waals surface area (Å²) < 4.78 is 61.1. The summed E-state index contributed by atoms with van der Waals surface area (Å²) in [7, 11) is -5.63. The van der Waals surface area contributed by atoms with Crippen molar-refractivity contribution in [3.05, 3.63) is 143 Å². The first-order valence-corrected chi connectivity index (χ1v) is 25.8. The molecule has 0 amide bonds. The molecule has 2 aromatic heterocycles. The van der Waals surface area contributed by atoms with Crippen molar-refractivity contribution < 1.29 is 21.6 Å². The van der Waals surface area contributed by atoms with Crippen LogP contribution in [-0.4, -0.2) is 94.9 Å². The number of hydrogen-bond donors (Lipinski definition) is 0. The van der Waals surface area contributed by atoms with Gasteiger partial charge in [0.1, 0.15) is 5.75 Å². The van der Waals surface area contributed by atoms with E-state index in [0.29, 0.717) is 72.4 Å². The molecule has 2 aliphatic rings. The van der Waals surface area contributed by atoms with Crippen LogP contribution in [0, 0.1) is 0 Å². The van der Waals surface area contributed by atoms with Crippen molar-refractivity contribution in [2.45, 2.75) is 22.6 Å². The number of sulfonamides is 2. The molecule has 2 saturated heterocycles. The van der Waals surface area contributed by atoms with Crippen molar-refractivity contribution >= 4 is 115 Å². The van der Waals surface area contributed by atoms with Gasteiger partial charge in [-0.15, -0.1) is 22.7 Å². The number of halogens is 5. The molecule has 2 fully saturated rings. The third kappa shape index (κ3) is 11.8. The average molecular weight is 1050 g/mol. The van der Waals surface area contributed by atoms with Gasteiger partial charge in [0.25, 0.3) is 0 Å². The van der Waals surface area contributed by atoms with Crippen LogP contribution in [0.1, 0.15) is 22.5 Å². The highest BCUT2D eigenvalue weighted by Crippen LogP contribution is 2.30. The van der Waals surface area contributed by atoms with Crippen LogP contribution >= 0.6 is 85.0 Å². The van der Waals surface area contributed by atoms with Gasteiger partial charge in [0.05, 0.1) is 28.3 Å². The lowest BCUT2D eigenvalue weighted by Gasteiger charge is -2.33. The second-order valence-electron chi connectivity index (χ2n) is 14.1. The topological polar surface area (TPSA) is 116 Å². The predicted octanol–water partition coefficient (Wildman–Crippen LogP) is 9.87. The molecule has 0 unspecified atom stereocenters. The highest BCUT2D eigenvalue weighted by Gasteiger charge is 2.31. The normalized spacial score (nSPS) is 15.4. The van der Waals surface area contributed by atoms with Crippen LogP contribution in [0.3, 0.4) is 0 Å². The molecule has 20 heteroatoms. The minimum Gasteiger partial charge on any atom is -0.497 e. The van der Waals surface area contributed by atoms with Crippen LogP contribution in [0.5, 0.6) is 5.75 Å². The maximum absolute atomic E-state index is 13.0. The Kier molecular flexibility index (Phi) is 15.3. The molecule has 4 aromatic carbocycles. The van der Waals surface area contributed by atoms with Gasteiger partial charge < -0.3 is 14.5 Å². The Labute approximate surface area is 392 Å². The number of benzene rings is 4. The number of piperazine rings is 2. The van der Waals surface area contributed by atoms with Gasteiger partial charge in [-0.05, 0) is 71.8 Å². The standard InChI is InChI=1S/C21H21Cl2N3O3S2.C20H18BrCl2N3O2S2/c1-29-19-4-2-3-15(10-19)9-18-14-30-21(24-18)25-5-7-26(8-6-25)31(27,28)20-12-16(22)11-17(23)13-20;21-15-3-1-2-14(8-15)9-18-13-29-20(24-18)25-4-6-26(7-5-25)30(27,28)19-11-16(22)10-17(23)12-19/h2-4,10-14H,5-9H2,1H3;1-3,8,10-13H,4-7,9H2. The predicted molar refractivity (Wildman–Crippen MR) is 252 cm³/mol. The molecular weight excluding hydrogens is 1010 g/mol. The average Bonchev–Trinajstić information content (AvgIpc) is 3.91. The van der Waals surface area contributed by atoms with Gasteiger partial charge in [-0.25, -0.2) is 26.8 Å². The van der Waals surface area contributed by atoms with Gasteiger partial charge in [0.2, 0.25) is 20.0 Å². The quantitative estimate of drug-likeness (QED) is 0.125. The van der Waals surface area contributed by atoms with Crippen molar-refractivity contribution in [2.75, 3.05) is 69.3 Å². The highest BCUT2D eigenvalue weighted by molar-refractivity contribution is 9.10. The third-order valence-corrected chi connectivity index (χ3v) is 16.9. The smallest absolute Gasteiger partial charge is 0.243 e. The Hall–Kier alpha value is -3.00. The summed E-state index contributed by atoms with van der Waals surface area (Å²) in [6.07, 6.45) is 1.48. The molecule has 322 valence electrons. The molecular formula is C41H39BrCl4N6O5S4.